The summed E-state index contributed by atoms with van der Waals surface area (Å²) in [6.07, 6.45) is 1.94. The smallest absolute Gasteiger partial charge is 0.148 e. The summed E-state index contributed by atoms with van der Waals surface area (Å²) in [5, 5.41) is 19.6. The third-order valence-corrected chi connectivity index (χ3v) is 3.89. The van der Waals surface area contributed by atoms with E-state index >= 15 is 0 Å². The maximum Gasteiger partial charge on any atom is 0.148 e. The molecule has 2 aromatic rings. The third kappa shape index (κ3) is 2.00. The molecule has 1 fully saturated rings. The zero-order valence-electron chi connectivity index (χ0n) is 9.90. The molecule has 8 heteroatoms. The van der Waals surface area contributed by atoms with Gasteiger partial charge < -0.3 is 25.3 Å². The van der Waals surface area contributed by atoms with E-state index in [-0.39, 0.29) is 12.8 Å². The van der Waals surface area contributed by atoms with Crippen LogP contribution >= 0.6 is 15.9 Å². The Morgan fingerprint density at radius 2 is 2.32 bits per heavy atom. The Hall–Kier alpha value is -1.22. The molecule has 4 N–H and O–H groups in total. The highest BCUT2D eigenvalue weighted by Gasteiger charge is 2.35. The lowest BCUT2D eigenvalue weighted by Gasteiger charge is -2.14. The lowest BCUT2D eigenvalue weighted by atomic mass is 10.2. The summed E-state index contributed by atoms with van der Waals surface area (Å²) in [6, 6.07) is 0. The van der Waals surface area contributed by atoms with Crippen molar-refractivity contribution in [2.75, 3.05) is 12.3 Å². The molecule has 1 saturated heterocycles. The van der Waals surface area contributed by atoms with Gasteiger partial charge in [-0.05, 0) is 15.9 Å². The van der Waals surface area contributed by atoms with Crippen molar-refractivity contribution < 1.29 is 14.9 Å². The zero-order valence-corrected chi connectivity index (χ0v) is 11.5. The van der Waals surface area contributed by atoms with Gasteiger partial charge in [-0.25, -0.2) is 9.97 Å². The molecule has 0 spiro atoms. The molecule has 0 saturated carbocycles. The SMILES string of the molecule is Nc1ncnc2c1c(Br)cn2[C@@H]1C[C@H](O)[C@@H](CO)O1. The molecule has 0 aliphatic carbocycles. The van der Waals surface area contributed by atoms with Crippen molar-refractivity contribution >= 4 is 32.8 Å². The highest BCUT2D eigenvalue weighted by Crippen LogP contribution is 2.35. The first kappa shape index (κ1) is 12.8. The van der Waals surface area contributed by atoms with E-state index in [0.717, 1.165) is 4.47 Å². The Bertz CT molecular complexity index is 617. The second kappa shape index (κ2) is 4.71. The minimum absolute atomic E-state index is 0.213. The molecule has 0 unspecified atom stereocenters. The summed E-state index contributed by atoms with van der Waals surface area (Å²) in [5.41, 5.74) is 6.46. The second-order valence-corrected chi connectivity index (χ2v) is 5.31. The van der Waals surface area contributed by atoms with Gasteiger partial charge in [0.2, 0.25) is 0 Å². The molecule has 0 amide bonds. The molecular formula is C11H13BrN4O3. The van der Waals surface area contributed by atoms with E-state index in [1.54, 1.807) is 10.8 Å². The predicted octanol–water partition coefficient (Wildman–Crippen LogP) is 0.417. The number of aromatic nitrogens is 3. The summed E-state index contributed by atoms with van der Waals surface area (Å²) in [4.78, 5) is 8.15. The van der Waals surface area contributed by atoms with Crippen LogP contribution in [0.4, 0.5) is 5.82 Å². The monoisotopic (exact) mass is 328 g/mol. The molecule has 3 rings (SSSR count). The van der Waals surface area contributed by atoms with Gasteiger partial charge in [-0.15, -0.1) is 0 Å². The number of aliphatic hydroxyl groups excluding tert-OH is 2. The quantitative estimate of drug-likeness (QED) is 0.737. The van der Waals surface area contributed by atoms with Crippen molar-refractivity contribution in [2.24, 2.45) is 0 Å². The molecule has 19 heavy (non-hydrogen) atoms. The molecule has 3 atom stereocenters. The van der Waals surface area contributed by atoms with Crippen molar-refractivity contribution in [2.45, 2.75) is 24.9 Å². The molecule has 0 aromatic carbocycles. The first-order valence-corrected chi connectivity index (χ1v) is 6.62. The average Bonchev–Trinajstić information content (AvgIpc) is 2.91. The van der Waals surface area contributed by atoms with E-state index in [0.29, 0.717) is 23.3 Å². The van der Waals surface area contributed by atoms with Crippen molar-refractivity contribution in [3.63, 3.8) is 0 Å². The number of halogens is 1. The predicted molar refractivity (Wildman–Crippen MR) is 71.3 cm³/mol. The Balaban J connectivity index is 2.05. The third-order valence-electron chi connectivity index (χ3n) is 3.29. The van der Waals surface area contributed by atoms with E-state index in [2.05, 4.69) is 25.9 Å². The van der Waals surface area contributed by atoms with Crippen LogP contribution in [0.1, 0.15) is 12.6 Å². The van der Waals surface area contributed by atoms with E-state index < -0.39 is 12.2 Å². The number of nitrogen functional groups attached to an aromatic ring is 1. The van der Waals surface area contributed by atoms with Crippen LogP contribution in [0.5, 0.6) is 0 Å². The van der Waals surface area contributed by atoms with Gasteiger partial charge in [0, 0.05) is 17.1 Å². The van der Waals surface area contributed by atoms with Gasteiger partial charge in [-0.2, -0.15) is 0 Å². The highest BCUT2D eigenvalue weighted by atomic mass is 79.9. The summed E-state index contributed by atoms with van der Waals surface area (Å²) in [6.45, 7) is -0.213. The highest BCUT2D eigenvalue weighted by molar-refractivity contribution is 9.10. The molecule has 1 aliphatic rings. The second-order valence-electron chi connectivity index (χ2n) is 4.46. The summed E-state index contributed by atoms with van der Waals surface area (Å²) in [7, 11) is 0. The fraction of sp³-hybridized carbons (Fsp3) is 0.455. The van der Waals surface area contributed by atoms with Gasteiger partial charge in [0.25, 0.3) is 0 Å². The Labute approximate surface area is 117 Å². The molecule has 1 aliphatic heterocycles. The Morgan fingerprint density at radius 1 is 1.53 bits per heavy atom. The van der Waals surface area contributed by atoms with Crippen LogP contribution in [0.25, 0.3) is 11.0 Å². The fourth-order valence-corrected chi connectivity index (χ4v) is 2.93. The van der Waals surface area contributed by atoms with Gasteiger partial charge in [-0.1, -0.05) is 0 Å². The van der Waals surface area contributed by atoms with Crippen molar-refractivity contribution in [3.8, 4) is 0 Å². The lowest BCUT2D eigenvalue weighted by molar-refractivity contribution is -0.0430. The van der Waals surface area contributed by atoms with Gasteiger partial charge in [0.05, 0.1) is 18.1 Å². The Morgan fingerprint density at radius 3 is 3.00 bits per heavy atom. The average molecular weight is 329 g/mol. The minimum atomic E-state index is -0.689. The fourth-order valence-electron chi connectivity index (χ4n) is 2.33. The number of hydrogen-bond donors (Lipinski definition) is 3. The minimum Gasteiger partial charge on any atom is -0.394 e. The van der Waals surface area contributed by atoms with Gasteiger partial charge in [0.15, 0.2) is 0 Å². The zero-order chi connectivity index (χ0) is 13.6. The van der Waals surface area contributed by atoms with Crippen LogP contribution in [0.15, 0.2) is 17.0 Å². The molecule has 7 nitrogen and oxygen atoms in total. The van der Waals surface area contributed by atoms with E-state index in [9.17, 15) is 5.11 Å². The summed E-state index contributed by atoms with van der Waals surface area (Å²) in [5.74, 6) is 0.382. The van der Waals surface area contributed by atoms with Crippen LogP contribution in [0.2, 0.25) is 0 Å². The first-order chi connectivity index (χ1) is 9.11. The standard InChI is InChI=1S/C11H13BrN4O3/c12-5-2-16(8-1-6(18)7(3-17)19-8)11-9(5)10(13)14-4-15-11/h2,4,6-8,17-18H,1,3H2,(H2,13,14,15)/t6-,7+,8-/m0/s1. The van der Waals surface area contributed by atoms with E-state index in [1.165, 1.54) is 6.33 Å². The largest absolute Gasteiger partial charge is 0.394 e. The Kier molecular flexibility index (Phi) is 3.17. The summed E-state index contributed by atoms with van der Waals surface area (Å²) < 4.78 is 8.17. The maximum atomic E-state index is 9.79. The van der Waals surface area contributed by atoms with Crippen molar-refractivity contribution in [1.29, 1.82) is 0 Å². The summed E-state index contributed by atoms with van der Waals surface area (Å²) >= 11 is 3.41. The van der Waals surface area contributed by atoms with Crippen LogP contribution in [0.3, 0.4) is 0 Å². The number of rotatable bonds is 2. The van der Waals surface area contributed by atoms with Crippen molar-refractivity contribution in [1.82, 2.24) is 14.5 Å². The molecular weight excluding hydrogens is 316 g/mol. The number of aliphatic hydroxyl groups is 2. The number of anilines is 1. The number of nitrogens with two attached hydrogens (primary N) is 1. The molecule has 0 radical (unpaired) electrons. The number of hydrogen-bond acceptors (Lipinski definition) is 6. The van der Waals surface area contributed by atoms with Crippen LogP contribution in [-0.4, -0.2) is 43.6 Å². The van der Waals surface area contributed by atoms with Gasteiger partial charge in [-0.3, -0.25) is 0 Å². The normalized spacial score (nSPS) is 27.2. The van der Waals surface area contributed by atoms with Gasteiger partial charge in [0.1, 0.15) is 30.1 Å². The maximum absolute atomic E-state index is 9.79. The van der Waals surface area contributed by atoms with E-state index in [1.807, 2.05) is 0 Å². The molecule has 2 aromatic heterocycles. The number of nitrogens with zero attached hydrogens (tertiary/aromatic N) is 3. The molecule has 3 heterocycles. The molecule has 102 valence electrons. The molecule has 0 bridgehead atoms. The number of ether oxygens (including phenoxy) is 1. The van der Waals surface area contributed by atoms with Crippen LogP contribution in [-0.2, 0) is 4.74 Å². The van der Waals surface area contributed by atoms with Crippen LogP contribution < -0.4 is 5.73 Å². The lowest BCUT2D eigenvalue weighted by Crippen LogP contribution is -2.24. The van der Waals surface area contributed by atoms with E-state index in [4.69, 9.17) is 15.6 Å². The van der Waals surface area contributed by atoms with Crippen molar-refractivity contribution in [3.05, 3.63) is 17.0 Å². The van der Waals surface area contributed by atoms with Gasteiger partial charge >= 0.3 is 0 Å². The first-order valence-electron chi connectivity index (χ1n) is 5.82. The number of fused-ring (bicyclic) bond motifs is 1. The topological polar surface area (TPSA) is 106 Å². The van der Waals surface area contributed by atoms with Crippen LogP contribution in [0, 0.1) is 0 Å².